The van der Waals surface area contributed by atoms with E-state index in [-0.39, 0.29) is 0 Å². The summed E-state index contributed by atoms with van der Waals surface area (Å²) < 4.78 is 1.37. The number of rotatable bonds is 3. The SMILES string of the molecule is N#Cc1ccc(Cn2cnc([N+](=O)[O-])n2)cc1. The second-order valence-corrected chi connectivity index (χ2v) is 3.31. The van der Waals surface area contributed by atoms with Crippen LogP contribution in [0, 0.1) is 21.4 Å². The van der Waals surface area contributed by atoms with Crippen LogP contribution in [0.4, 0.5) is 5.95 Å². The largest absolute Gasteiger partial charge is 0.490 e. The molecule has 0 spiro atoms. The molecule has 2 aromatic rings. The molecule has 0 atom stereocenters. The van der Waals surface area contributed by atoms with Crippen LogP contribution in [0.15, 0.2) is 30.6 Å². The van der Waals surface area contributed by atoms with E-state index >= 15 is 0 Å². The van der Waals surface area contributed by atoms with Crippen LogP contribution >= 0.6 is 0 Å². The highest BCUT2D eigenvalue weighted by Gasteiger charge is 2.12. The topological polar surface area (TPSA) is 97.6 Å². The van der Waals surface area contributed by atoms with Crippen molar-refractivity contribution in [3.05, 3.63) is 51.8 Å². The highest BCUT2D eigenvalue weighted by atomic mass is 16.6. The third-order valence-electron chi connectivity index (χ3n) is 2.12. The van der Waals surface area contributed by atoms with E-state index in [2.05, 4.69) is 10.1 Å². The van der Waals surface area contributed by atoms with E-state index in [0.717, 1.165) is 5.56 Å². The summed E-state index contributed by atoms with van der Waals surface area (Å²) in [7, 11) is 0. The molecule has 1 aromatic carbocycles. The lowest BCUT2D eigenvalue weighted by molar-refractivity contribution is -0.394. The lowest BCUT2D eigenvalue weighted by Crippen LogP contribution is -2.01. The fourth-order valence-electron chi connectivity index (χ4n) is 1.32. The Labute approximate surface area is 96.1 Å². The van der Waals surface area contributed by atoms with Gasteiger partial charge in [-0.25, -0.2) is 0 Å². The highest BCUT2D eigenvalue weighted by Crippen LogP contribution is 2.06. The molecule has 0 aliphatic heterocycles. The van der Waals surface area contributed by atoms with Gasteiger partial charge in [-0.05, 0) is 22.6 Å². The predicted molar refractivity (Wildman–Crippen MR) is 56.9 cm³/mol. The third-order valence-corrected chi connectivity index (χ3v) is 2.12. The number of nitro groups is 1. The van der Waals surface area contributed by atoms with Gasteiger partial charge in [0.2, 0.25) is 6.33 Å². The molecule has 0 saturated heterocycles. The Morgan fingerprint density at radius 2 is 2.12 bits per heavy atom. The quantitative estimate of drug-likeness (QED) is 0.579. The smallest absolute Gasteiger partial charge is 0.390 e. The first kappa shape index (κ1) is 10.8. The van der Waals surface area contributed by atoms with Crippen molar-refractivity contribution in [3.8, 4) is 6.07 Å². The van der Waals surface area contributed by atoms with E-state index < -0.39 is 10.9 Å². The summed E-state index contributed by atoms with van der Waals surface area (Å²) >= 11 is 0. The van der Waals surface area contributed by atoms with Crippen LogP contribution in [-0.4, -0.2) is 19.7 Å². The second kappa shape index (κ2) is 4.40. The van der Waals surface area contributed by atoms with E-state index in [1.165, 1.54) is 11.0 Å². The summed E-state index contributed by atoms with van der Waals surface area (Å²) in [6.45, 7) is 0.381. The van der Waals surface area contributed by atoms with Crippen molar-refractivity contribution in [1.29, 1.82) is 5.26 Å². The van der Waals surface area contributed by atoms with Crippen LogP contribution in [0.25, 0.3) is 0 Å². The minimum absolute atomic E-state index is 0.381. The predicted octanol–water partition coefficient (Wildman–Crippen LogP) is 1.11. The number of nitrogens with zero attached hydrogens (tertiary/aromatic N) is 5. The van der Waals surface area contributed by atoms with Gasteiger partial charge in [0.05, 0.1) is 18.2 Å². The van der Waals surface area contributed by atoms with E-state index in [0.29, 0.717) is 12.1 Å². The Bertz CT molecular complexity index is 581. The molecule has 7 nitrogen and oxygen atoms in total. The van der Waals surface area contributed by atoms with Gasteiger partial charge in [0.25, 0.3) is 0 Å². The molecule has 0 aliphatic rings. The van der Waals surface area contributed by atoms with Crippen molar-refractivity contribution in [2.24, 2.45) is 0 Å². The van der Waals surface area contributed by atoms with Crippen LogP contribution in [0.5, 0.6) is 0 Å². The third kappa shape index (κ3) is 2.43. The van der Waals surface area contributed by atoms with E-state index in [1.54, 1.807) is 24.3 Å². The Morgan fingerprint density at radius 1 is 1.41 bits per heavy atom. The van der Waals surface area contributed by atoms with Crippen LogP contribution in [0.1, 0.15) is 11.1 Å². The van der Waals surface area contributed by atoms with E-state index in [1.807, 2.05) is 6.07 Å². The first-order chi connectivity index (χ1) is 8.19. The zero-order valence-corrected chi connectivity index (χ0v) is 8.65. The standard InChI is InChI=1S/C10H7N5O2/c11-5-8-1-3-9(4-2-8)6-14-7-12-10(13-14)15(16)17/h1-4,7H,6H2. The number of benzene rings is 1. The van der Waals surface area contributed by atoms with E-state index in [4.69, 9.17) is 5.26 Å². The van der Waals surface area contributed by atoms with Gasteiger partial charge in [0.1, 0.15) is 0 Å². The first-order valence-electron chi connectivity index (χ1n) is 4.72. The van der Waals surface area contributed by atoms with Crippen LogP contribution in [0.2, 0.25) is 0 Å². The summed E-state index contributed by atoms with van der Waals surface area (Å²) in [5, 5.41) is 22.7. The van der Waals surface area contributed by atoms with Gasteiger partial charge in [-0.1, -0.05) is 17.1 Å². The van der Waals surface area contributed by atoms with Crippen molar-refractivity contribution in [1.82, 2.24) is 14.8 Å². The lowest BCUT2D eigenvalue weighted by Gasteiger charge is -1.97. The van der Waals surface area contributed by atoms with Gasteiger partial charge in [-0.15, -0.1) is 0 Å². The van der Waals surface area contributed by atoms with Gasteiger partial charge in [-0.3, -0.25) is 0 Å². The Kier molecular flexibility index (Phi) is 2.79. The Balaban J connectivity index is 2.14. The maximum Gasteiger partial charge on any atom is 0.490 e. The fourth-order valence-corrected chi connectivity index (χ4v) is 1.32. The number of aromatic nitrogens is 3. The highest BCUT2D eigenvalue weighted by molar-refractivity contribution is 5.31. The maximum absolute atomic E-state index is 10.4. The number of hydrogen-bond acceptors (Lipinski definition) is 5. The van der Waals surface area contributed by atoms with Crippen LogP contribution < -0.4 is 0 Å². The van der Waals surface area contributed by atoms with Crippen LogP contribution in [-0.2, 0) is 6.54 Å². The first-order valence-corrected chi connectivity index (χ1v) is 4.72. The molecule has 17 heavy (non-hydrogen) atoms. The summed E-state index contributed by atoms with van der Waals surface area (Å²) in [5.74, 6) is -0.418. The molecule has 1 aromatic heterocycles. The molecule has 2 rings (SSSR count). The zero-order chi connectivity index (χ0) is 12.3. The molecule has 0 fully saturated rings. The molecule has 0 unspecified atom stereocenters. The molecular formula is C10H7N5O2. The van der Waals surface area contributed by atoms with Gasteiger partial charge in [0.15, 0.2) is 0 Å². The molecule has 0 saturated carbocycles. The normalized spacial score (nSPS) is 9.82. The molecular weight excluding hydrogens is 222 g/mol. The minimum atomic E-state index is -0.644. The van der Waals surface area contributed by atoms with Crippen LogP contribution in [0.3, 0.4) is 0 Å². The van der Waals surface area contributed by atoms with Gasteiger partial charge in [-0.2, -0.15) is 9.94 Å². The zero-order valence-electron chi connectivity index (χ0n) is 8.65. The fraction of sp³-hybridized carbons (Fsp3) is 0.100. The Hall–Kier alpha value is -2.75. The minimum Gasteiger partial charge on any atom is -0.390 e. The van der Waals surface area contributed by atoms with Gasteiger partial charge in [0, 0.05) is 5.10 Å². The van der Waals surface area contributed by atoms with E-state index in [9.17, 15) is 10.1 Å². The summed E-state index contributed by atoms with van der Waals surface area (Å²) in [6, 6.07) is 8.92. The summed E-state index contributed by atoms with van der Waals surface area (Å²) in [6.07, 6.45) is 1.30. The molecule has 0 aliphatic carbocycles. The molecule has 0 N–H and O–H groups in total. The van der Waals surface area contributed by atoms with Gasteiger partial charge < -0.3 is 10.1 Å². The molecule has 84 valence electrons. The van der Waals surface area contributed by atoms with Crippen molar-refractivity contribution in [3.63, 3.8) is 0 Å². The molecule has 0 amide bonds. The lowest BCUT2D eigenvalue weighted by atomic mass is 10.1. The van der Waals surface area contributed by atoms with Crippen molar-refractivity contribution in [2.45, 2.75) is 6.54 Å². The second-order valence-electron chi connectivity index (χ2n) is 3.31. The number of nitriles is 1. The van der Waals surface area contributed by atoms with Crippen molar-refractivity contribution in [2.75, 3.05) is 0 Å². The van der Waals surface area contributed by atoms with Crippen molar-refractivity contribution >= 4 is 5.95 Å². The summed E-state index contributed by atoms with van der Waals surface area (Å²) in [5.41, 5.74) is 1.46. The average molecular weight is 229 g/mol. The average Bonchev–Trinajstić information content (AvgIpc) is 2.79. The molecule has 0 radical (unpaired) electrons. The molecule has 7 heteroatoms. The number of hydrogen-bond donors (Lipinski definition) is 0. The summed E-state index contributed by atoms with van der Waals surface area (Å²) in [4.78, 5) is 13.3. The molecule has 0 bridgehead atoms. The maximum atomic E-state index is 10.4. The van der Waals surface area contributed by atoms with Gasteiger partial charge >= 0.3 is 5.95 Å². The monoisotopic (exact) mass is 229 g/mol. The Morgan fingerprint density at radius 3 is 2.65 bits per heavy atom. The molecule has 1 heterocycles. The van der Waals surface area contributed by atoms with Crippen molar-refractivity contribution < 1.29 is 4.92 Å².